The second-order valence-corrected chi connectivity index (χ2v) is 9.74. The molecule has 1 unspecified atom stereocenters. The number of piperidine rings is 3. The Morgan fingerprint density at radius 1 is 0.941 bits per heavy atom. The molecule has 1 atom stereocenters. The Morgan fingerprint density at radius 2 is 1.71 bits per heavy atom. The molecule has 0 saturated carbocycles. The number of hydrogen-bond donors (Lipinski definition) is 1. The molecule has 174 valence electrons. The minimum absolute atomic E-state index is 0.301. The van der Waals surface area contributed by atoms with E-state index in [-0.39, 0.29) is 0 Å². The number of nitrogens with zero attached hydrogens (tertiary/aromatic N) is 2. The maximum Gasteiger partial charge on any atom is 0.138 e. The molecule has 5 nitrogen and oxygen atoms in total. The normalized spacial score (nSPS) is 21.6. The molecule has 0 spiro atoms. The lowest BCUT2D eigenvalue weighted by Crippen LogP contribution is -2.52. The average molecular weight is 474 g/mol. The average Bonchev–Trinajstić information content (AvgIpc) is 3.30. The van der Waals surface area contributed by atoms with Gasteiger partial charge < -0.3 is 14.5 Å². The van der Waals surface area contributed by atoms with E-state index in [0.717, 1.165) is 51.9 Å². The number of fused-ring (bicyclic) bond motifs is 4. The molecule has 2 bridgehead atoms. The largest absolute Gasteiger partial charge is 0.493 e. The molecule has 0 radical (unpaired) electrons. The van der Waals surface area contributed by atoms with Gasteiger partial charge in [-0.3, -0.25) is 4.90 Å². The first-order valence-corrected chi connectivity index (χ1v) is 12.4. The number of hydrogen-bond acceptors (Lipinski definition) is 4. The van der Waals surface area contributed by atoms with Crippen LogP contribution in [0, 0.1) is 5.92 Å². The molecule has 4 aromatic rings. The van der Waals surface area contributed by atoms with Crippen LogP contribution in [0.1, 0.15) is 18.4 Å². The second kappa shape index (κ2) is 9.32. The van der Waals surface area contributed by atoms with Crippen molar-refractivity contribution in [1.29, 1.82) is 0 Å². The monoisotopic (exact) mass is 473 g/mol. The molecule has 0 aliphatic carbocycles. The topological polar surface area (TPSA) is 50.4 Å². The summed E-state index contributed by atoms with van der Waals surface area (Å²) >= 11 is 5.95. The molecule has 0 amide bonds. The molecule has 3 aromatic carbocycles. The highest BCUT2D eigenvalue weighted by Crippen LogP contribution is 2.32. The fraction of sp³-hybridized carbons (Fsp3) is 0.321. The number of benzene rings is 3. The van der Waals surface area contributed by atoms with Gasteiger partial charge in [0, 0.05) is 29.6 Å². The van der Waals surface area contributed by atoms with Gasteiger partial charge in [0.05, 0.1) is 17.6 Å². The lowest BCUT2D eigenvalue weighted by molar-refractivity contribution is -0.00769. The smallest absolute Gasteiger partial charge is 0.138 e. The fourth-order valence-corrected chi connectivity index (χ4v) is 5.19. The van der Waals surface area contributed by atoms with Gasteiger partial charge in [0.2, 0.25) is 0 Å². The number of nitrogens with one attached hydrogen (secondary N) is 1. The second-order valence-electron chi connectivity index (χ2n) is 9.31. The maximum atomic E-state index is 6.39. The molecule has 34 heavy (non-hydrogen) atoms. The summed E-state index contributed by atoms with van der Waals surface area (Å²) in [5.74, 6) is 3.31. The summed E-state index contributed by atoms with van der Waals surface area (Å²) in [7, 11) is 0. The molecule has 3 saturated heterocycles. The van der Waals surface area contributed by atoms with E-state index in [1.165, 1.54) is 31.5 Å². The van der Waals surface area contributed by atoms with E-state index in [1.807, 2.05) is 60.7 Å². The maximum absolute atomic E-state index is 6.39. The van der Waals surface area contributed by atoms with Gasteiger partial charge in [-0.1, -0.05) is 23.7 Å². The van der Waals surface area contributed by atoms with Crippen molar-refractivity contribution in [3.63, 3.8) is 0 Å². The Bertz CT molecular complexity index is 1260. The molecule has 1 aromatic heterocycles. The van der Waals surface area contributed by atoms with E-state index >= 15 is 0 Å². The first-order valence-electron chi connectivity index (χ1n) is 12.1. The molecule has 7 rings (SSSR count). The third-order valence-corrected chi connectivity index (χ3v) is 7.29. The first-order chi connectivity index (χ1) is 16.7. The third-order valence-electron chi connectivity index (χ3n) is 7.04. The summed E-state index contributed by atoms with van der Waals surface area (Å²) < 4.78 is 12.3. The molecule has 4 heterocycles. The lowest BCUT2D eigenvalue weighted by atomic mass is 9.86. The van der Waals surface area contributed by atoms with E-state index in [1.54, 1.807) is 0 Å². The zero-order valence-electron chi connectivity index (χ0n) is 19.0. The number of halogens is 1. The van der Waals surface area contributed by atoms with Gasteiger partial charge in [-0.25, -0.2) is 4.98 Å². The molecular formula is C28H28ClN3O2. The summed E-state index contributed by atoms with van der Waals surface area (Å²) in [6.45, 7) is 4.11. The van der Waals surface area contributed by atoms with Gasteiger partial charge in [-0.15, -0.1) is 0 Å². The van der Waals surface area contributed by atoms with Crippen LogP contribution in [0.25, 0.3) is 22.4 Å². The summed E-state index contributed by atoms with van der Waals surface area (Å²) in [5.41, 5.74) is 4.18. The Morgan fingerprint density at radius 3 is 2.44 bits per heavy atom. The lowest BCUT2D eigenvalue weighted by Gasteiger charge is -2.44. The quantitative estimate of drug-likeness (QED) is 0.359. The predicted octanol–water partition coefficient (Wildman–Crippen LogP) is 5.98. The van der Waals surface area contributed by atoms with Crippen LogP contribution in [0.4, 0.5) is 0 Å². The Kier molecular flexibility index (Phi) is 5.90. The Balaban J connectivity index is 1.10. The molecule has 3 aliphatic rings. The van der Waals surface area contributed by atoms with Crippen molar-refractivity contribution < 1.29 is 9.47 Å². The van der Waals surface area contributed by atoms with Crippen LogP contribution in [0.2, 0.25) is 5.02 Å². The van der Waals surface area contributed by atoms with Crippen LogP contribution >= 0.6 is 11.6 Å². The van der Waals surface area contributed by atoms with Crippen LogP contribution < -0.4 is 9.47 Å². The van der Waals surface area contributed by atoms with Crippen LogP contribution in [-0.4, -0.2) is 47.2 Å². The van der Waals surface area contributed by atoms with Gasteiger partial charge in [-0.2, -0.15) is 0 Å². The number of ether oxygens (including phenoxy) is 2. The van der Waals surface area contributed by atoms with E-state index < -0.39 is 0 Å². The van der Waals surface area contributed by atoms with Crippen molar-refractivity contribution in [2.75, 3.05) is 26.2 Å². The highest BCUT2D eigenvalue weighted by atomic mass is 35.5. The van der Waals surface area contributed by atoms with Gasteiger partial charge >= 0.3 is 0 Å². The van der Waals surface area contributed by atoms with Crippen molar-refractivity contribution >= 4 is 22.6 Å². The van der Waals surface area contributed by atoms with Gasteiger partial charge in [0.15, 0.2) is 0 Å². The molecule has 1 N–H and O–H groups in total. The first kappa shape index (κ1) is 21.5. The highest BCUT2D eigenvalue weighted by molar-refractivity contribution is 6.30. The number of aromatic nitrogens is 2. The fourth-order valence-electron chi connectivity index (χ4n) is 5.06. The minimum atomic E-state index is 0.301. The van der Waals surface area contributed by atoms with Crippen LogP contribution in [-0.2, 0) is 6.42 Å². The number of rotatable bonds is 7. The highest BCUT2D eigenvalue weighted by Gasteiger charge is 2.35. The van der Waals surface area contributed by atoms with E-state index in [9.17, 15) is 0 Å². The third kappa shape index (κ3) is 4.63. The number of H-pyrrole nitrogens is 1. The Hall–Kier alpha value is -3.02. The minimum Gasteiger partial charge on any atom is -0.493 e. The zero-order valence-corrected chi connectivity index (χ0v) is 19.8. The van der Waals surface area contributed by atoms with Crippen molar-refractivity contribution in [1.82, 2.24) is 14.9 Å². The summed E-state index contributed by atoms with van der Waals surface area (Å²) in [5, 5.41) is 0.754. The molecular weight excluding hydrogens is 446 g/mol. The van der Waals surface area contributed by atoms with Gasteiger partial charge in [-0.05, 0) is 85.9 Å². The van der Waals surface area contributed by atoms with E-state index in [2.05, 4.69) is 16.0 Å². The van der Waals surface area contributed by atoms with Crippen molar-refractivity contribution in [2.45, 2.75) is 25.4 Å². The van der Waals surface area contributed by atoms with Crippen LogP contribution in [0.3, 0.4) is 0 Å². The van der Waals surface area contributed by atoms with Crippen LogP contribution in [0.15, 0.2) is 66.7 Å². The number of aromatic amines is 1. The molecule has 3 aliphatic heterocycles. The van der Waals surface area contributed by atoms with E-state index in [0.29, 0.717) is 18.6 Å². The Labute approximate surface area is 204 Å². The van der Waals surface area contributed by atoms with Crippen molar-refractivity contribution in [2.24, 2.45) is 5.92 Å². The van der Waals surface area contributed by atoms with Gasteiger partial charge in [0.25, 0.3) is 0 Å². The number of imidazole rings is 1. The standard InChI is InChI=1S/C28H28ClN3O2/c29-22-5-1-19(2-6-22)13-16-33-23-7-3-21(4-8-23)28-30-25-10-9-24(17-26(25)31-28)34-27-18-32-14-11-20(27)12-15-32/h1-10,17,20,27H,11-16,18H2,(H,30,31). The molecule has 6 heteroatoms. The van der Waals surface area contributed by atoms with Crippen molar-refractivity contribution in [3.05, 3.63) is 77.3 Å². The predicted molar refractivity (Wildman–Crippen MR) is 136 cm³/mol. The SMILES string of the molecule is Clc1ccc(CCOc2ccc(-c3nc4ccc(OC5CN6CCC5CC6)cc4[nH]3)cc2)cc1. The summed E-state index contributed by atoms with van der Waals surface area (Å²) in [6, 6.07) is 22.1. The summed E-state index contributed by atoms with van der Waals surface area (Å²) in [4.78, 5) is 10.8. The van der Waals surface area contributed by atoms with E-state index in [4.69, 9.17) is 26.1 Å². The van der Waals surface area contributed by atoms with Gasteiger partial charge in [0.1, 0.15) is 23.4 Å². The molecule has 3 fully saturated rings. The van der Waals surface area contributed by atoms with Crippen molar-refractivity contribution in [3.8, 4) is 22.9 Å². The van der Waals surface area contributed by atoms with Crippen LogP contribution in [0.5, 0.6) is 11.5 Å². The summed E-state index contributed by atoms with van der Waals surface area (Å²) in [6.07, 6.45) is 3.64. The zero-order chi connectivity index (χ0) is 22.9.